The molecule has 10 heteroatoms. The molecule has 3 heterocycles. The molecule has 0 spiro atoms. The summed E-state index contributed by atoms with van der Waals surface area (Å²) in [7, 11) is 0. The molecule has 1 unspecified atom stereocenters. The number of fused-ring (bicyclic) bond motifs is 1. The highest BCUT2D eigenvalue weighted by atomic mass is 19.1. The number of benzene rings is 2. The highest BCUT2D eigenvalue weighted by Crippen LogP contribution is 2.35. The largest absolute Gasteiger partial charge is 0.478 e. The Labute approximate surface area is 211 Å². The average Bonchev–Trinajstić information content (AvgIpc) is 3.31. The third kappa shape index (κ3) is 4.77. The van der Waals surface area contributed by atoms with Crippen LogP contribution in [0.15, 0.2) is 71.1 Å². The number of allylic oxidation sites excluding steroid dienone is 1. The van der Waals surface area contributed by atoms with Crippen molar-refractivity contribution in [2.45, 2.75) is 26.8 Å². The third-order valence-corrected chi connectivity index (χ3v) is 6.01. The topological polar surface area (TPSA) is 104 Å². The molecular formula is C27H24F2N6O2. The Morgan fingerprint density at radius 2 is 1.95 bits per heavy atom. The maximum atomic E-state index is 15.2. The number of H-pyrrole nitrogens is 1. The summed E-state index contributed by atoms with van der Waals surface area (Å²) in [6, 6.07) is 9.97. The molecule has 0 radical (unpaired) electrons. The summed E-state index contributed by atoms with van der Waals surface area (Å²) < 4.78 is 35.4. The molecule has 0 saturated heterocycles. The lowest BCUT2D eigenvalue weighted by Crippen LogP contribution is -2.34. The molecule has 1 amide bonds. The number of carbonyl (C=O) groups excluding carboxylic acids is 1. The number of aryl methyl sites for hydroxylation is 1. The first kappa shape index (κ1) is 24.1. The van der Waals surface area contributed by atoms with Gasteiger partial charge < -0.3 is 15.4 Å². The molecule has 8 nitrogen and oxygen atoms in total. The second-order valence-electron chi connectivity index (χ2n) is 8.63. The highest BCUT2D eigenvalue weighted by Gasteiger charge is 2.32. The van der Waals surface area contributed by atoms with Crippen LogP contribution in [0.2, 0.25) is 0 Å². The van der Waals surface area contributed by atoms with Gasteiger partial charge in [-0.1, -0.05) is 12.1 Å². The van der Waals surface area contributed by atoms with E-state index in [9.17, 15) is 9.18 Å². The first-order chi connectivity index (χ1) is 17.8. The quantitative estimate of drug-likeness (QED) is 0.346. The molecule has 1 aliphatic rings. The van der Waals surface area contributed by atoms with Crippen LogP contribution in [0.4, 0.5) is 14.5 Å². The van der Waals surface area contributed by atoms with E-state index in [0.717, 1.165) is 5.56 Å². The minimum atomic E-state index is -0.985. The van der Waals surface area contributed by atoms with Crippen LogP contribution in [-0.2, 0) is 4.79 Å². The zero-order valence-corrected chi connectivity index (χ0v) is 20.4. The fourth-order valence-corrected chi connectivity index (χ4v) is 4.23. The van der Waals surface area contributed by atoms with E-state index in [1.807, 2.05) is 6.92 Å². The number of carbonyl (C=O) groups is 1. The van der Waals surface area contributed by atoms with Crippen LogP contribution in [-0.4, -0.2) is 33.5 Å². The Morgan fingerprint density at radius 3 is 2.73 bits per heavy atom. The number of pyridine rings is 1. The summed E-state index contributed by atoms with van der Waals surface area (Å²) in [6.07, 6.45) is 3.12. The lowest BCUT2D eigenvalue weighted by Gasteiger charge is -2.27. The van der Waals surface area contributed by atoms with Crippen LogP contribution < -0.4 is 15.4 Å². The monoisotopic (exact) mass is 502 g/mol. The number of aromatic nitrogens is 3. The van der Waals surface area contributed by atoms with E-state index in [-0.39, 0.29) is 16.8 Å². The number of ether oxygens (including phenoxy) is 1. The highest BCUT2D eigenvalue weighted by molar-refractivity contribution is 6.09. The lowest BCUT2D eigenvalue weighted by atomic mass is 9.93. The van der Waals surface area contributed by atoms with Crippen molar-refractivity contribution >= 4 is 28.3 Å². The minimum Gasteiger partial charge on any atom is -0.478 e. The lowest BCUT2D eigenvalue weighted by molar-refractivity contribution is -0.113. The van der Waals surface area contributed by atoms with E-state index >= 15 is 4.39 Å². The Morgan fingerprint density at radius 1 is 1.11 bits per heavy atom. The van der Waals surface area contributed by atoms with Crippen molar-refractivity contribution < 1.29 is 18.3 Å². The summed E-state index contributed by atoms with van der Waals surface area (Å²) >= 11 is 0. The first-order valence-electron chi connectivity index (χ1n) is 11.7. The smallest absolute Gasteiger partial charge is 0.255 e. The van der Waals surface area contributed by atoms with Crippen molar-refractivity contribution in [1.82, 2.24) is 20.5 Å². The third-order valence-electron chi connectivity index (χ3n) is 6.01. The van der Waals surface area contributed by atoms with E-state index in [4.69, 9.17) is 9.73 Å². The van der Waals surface area contributed by atoms with Crippen molar-refractivity contribution in [3.63, 3.8) is 0 Å². The van der Waals surface area contributed by atoms with Crippen LogP contribution >= 0.6 is 0 Å². The minimum absolute atomic E-state index is 0.0207. The first-order valence-corrected chi connectivity index (χ1v) is 11.7. The Kier molecular flexibility index (Phi) is 6.39. The van der Waals surface area contributed by atoms with Crippen molar-refractivity contribution in [3.8, 4) is 5.88 Å². The number of rotatable bonds is 6. The van der Waals surface area contributed by atoms with Gasteiger partial charge in [0, 0.05) is 40.5 Å². The van der Waals surface area contributed by atoms with Gasteiger partial charge >= 0.3 is 0 Å². The fraction of sp³-hybridized carbons (Fsp3) is 0.185. The predicted octanol–water partition coefficient (Wildman–Crippen LogP) is 4.95. The van der Waals surface area contributed by atoms with Gasteiger partial charge in [-0.15, -0.1) is 0 Å². The van der Waals surface area contributed by atoms with Crippen LogP contribution in [0.3, 0.4) is 0 Å². The molecule has 4 aromatic rings. The number of amides is 1. The summed E-state index contributed by atoms with van der Waals surface area (Å²) in [5.41, 5.74) is 2.71. The number of hydrogen-bond acceptors (Lipinski definition) is 6. The van der Waals surface area contributed by atoms with Crippen LogP contribution in [0.1, 0.15) is 36.6 Å². The van der Waals surface area contributed by atoms with Gasteiger partial charge in [0.2, 0.25) is 5.88 Å². The molecule has 188 valence electrons. The maximum absolute atomic E-state index is 15.2. The number of aromatic amines is 1. The second kappa shape index (κ2) is 9.81. The molecule has 1 atom stereocenters. The zero-order valence-electron chi connectivity index (χ0n) is 20.4. The van der Waals surface area contributed by atoms with Crippen molar-refractivity contribution in [2.24, 2.45) is 4.99 Å². The van der Waals surface area contributed by atoms with Gasteiger partial charge in [0.25, 0.3) is 5.91 Å². The van der Waals surface area contributed by atoms with Gasteiger partial charge in [-0.05, 0) is 44.5 Å². The number of hydrogen-bond donors (Lipinski definition) is 3. The molecule has 0 aliphatic carbocycles. The SMILES string of the molecule is CCOc1cc(C2=NC(c3ccc(C)cc3F)C(C(=O)Nc3cc4cn[nH]c4cc3F)=C(C)N2)ccn1. The molecule has 0 saturated carbocycles. The van der Waals surface area contributed by atoms with E-state index in [1.54, 1.807) is 44.3 Å². The number of nitrogens with one attached hydrogen (secondary N) is 3. The van der Waals surface area contributed by atoms with E-state index < -0.39 is 23.6 Å². The number of aliphatic imine (C=N–C) groups is 1. The molecule has 2 aromatic heterocycles. The average molecular weight is 503 g/mol. The van der Waals surface area contributed by atoms with Gasteiger partial charge in [-0.3, -0.25) is 14.9 Å². The standard InChI is InChI=1S/C27H24F2N6O2/c1-4-37-23-11-16(7-8-30-23)26-32-15(3)24(25(34-26)18-6-5-14(2)9-19(18)28)27(36)33-22-10-17-13-31-35-21(17)12-20(22)29/h5-13,25H,4H2,1-3H3,(H,31,35)(H,32,34)(H,33,36). The van der Waals surface area contributed by atoms with Crippen LogP contribution in [0.25, 0.3) is 10.9 Å². The van der Waals surface area contributed by atoms with E-state index in [2.05, 4.69) is 25.8 Å². The summed E-state index contributed by atoms with van der Waals surface area (Å²) in [5.74, 6) is -0.895. The summed E-state index contributed by atoms with van der Waals surface area (Å²) in [6.45, 7) is 5.77. The number of nitrogens with zero attached hydrogens (tertiary/aromatic N) is 3. The van der Waals surface area contributed by atoms with Gasteiger partial charge in [0.1, 0.15) is 23.5 Å². The zero-order chi connectivity index (χ0) is 26.1. The predicted molar refractivity (Wildman–Crippen MR) is 136 cm³/mol. The molecule has 3 N–H and O–H groups in total. The van der Waals surface area contributed by atoms with Crippen molar-refractivity contribution in [3.05, 3.63) is 94.5 Å². The molecule has 37 heavy (non-hydrogen) atoms. The molecule has 2 aromatic carbocycles. The fourth-order valence-electron chi connectivity index (χ4n) is 4.23. The van der Waals surface area contributed by atoms with E-state index in [1.165, 1.54) is 24.4 Å². The van der Waals surface area contributed by atoms with Gasteiger partial charge in [0.05, 0.1) is 29.6 Å². The maximum Gasteiger partial charge on any atom is 0.255 e. The van der Waals surface area contributed by atoms with Crippen molar-refractivity contribution in [1.29, 1.82) is 0 Å². The molecule has 0 bridgehead atoms. The number of anilines is 1. The molecule has 1 aliphatic heterocycles. The molecule has 0 fully saturated rings. The number of halogens is 2. The summed E-state index contributed by atoms with van der Waals surface area (Å²) in [5, 5.41) is 13.0. The Bertz CT molecular complexity index is 1580. The molecular weight excluding hydrogens is 478 g/mol. The molecule has 5 rings (SSSR count). The van der Waals surface area contributed by atoms with Gasteiger partial charge in [-0.2, -0.15) is 5.10 Å². The van der Waals surface area contributed by atoms with Gasteiger partial charge in [-0.25, -0.2) is 13.8 Å². The van der Waals surface area contributed by atoms with Gasteiger partial charge in [0.15, 0.2) is 0 Å². The van der Waals surface area contributed by atoms with Crippen LogP contribution in [0, 0.1) is 18.6 Å². The van der Waals surface area contributed by atoms with Crippen molar-refractivity contribution in [2.75, 3.05) is 11.9 Å². The van der Waals surface area contributed by atoms with E-state index in [0.29, 0.717) is 40.5 Å². The second-order valence-corrected chi connectivity index (χ2v) is 8.63. The number of amidine groups is 1. The Balaban J connectivity index is 1.56. The normalized spacial score (nSPS) is 15.4. The Hall–Kier alpha value is -4.60. The van der Waals surface area contributed by atoms with Crippen LogP contribution in [0.5, 0.6) is 5.88 Å². The summed E-state index contributed by atoms with van der Waals surface area (Å²) in [4.78, 5) is 22.4.